The minimum absolute atomic E-state index is 0. The fraction of sp³-hybridized carbons (Fsp3) is 0.250. The lowest BCUT2D eigenvalue weighted by molar-refractivity contribution is -0.00000216. The quantitative estimate of drug-likeness (QED) is 0.581. The highest BCUT2D eigenvalue weighted by Crippen LogP contribution is 1.96. The van der Waals surface area contributed by atoms with Crippen LogP contribution in [0.3, 0.4) is 0 Å². The Morgan fingerprint density at radius 1 is 1.10 bits per heavy atom. The van der Waals surface area contributed by atoms with Crippen molar-refractivity contribution in [3.8, 4) is 0 Å². The predicted molar refractivity (Wildman–Crippen MR) is 41.8 cm³/mol. The van der Waals surface area contributed by atoms with Crippen molar-refractivity contribution in [1.82, 2.24) is 6.15 Å². The first-order valence-electron chi connectivity index (χ1n) is 2.97. The maximum atomic E-state index is 2.16. The zero-order chi connectivity index (χ0) is 5.82. The lowest BCUT2D eigenvalue weighted by Gasteiger charge is -1.89. The van der Waals surface area contributed by atoms with Gasteiger partial charge in [-0.15, -0.1) is 0 Å². The molecule has 0 saturated heterocycles. The Balaban J connectivity index is 0. The molecule has 0 atom stereocenters. The topological polar surface area (TPSA) is 36.5 Å². The molecule has 1 aromatic carbocycles. The van der Waals surface area contributed by atoms with E-state index in [1.54, 1.807) is 0 Å². The Labute approximate surface area is 68.5 Å². The van der Waals surface area contributed by atoms with Gasteiger partial charge >= 0.3 is 0 Å². The van der Waals surface area contributed by atoms with E-state index in [9.17, 15) is 0 Å². The van der Waals surface area contributed by atoms with Gasteiger partial charge in [0.25, 0.3) is 0 Å². The van der Waals surface area contributed by atoms with Gasteiger partial charge in [0.15, 0.2) is 0 Å². The Kier molecular flexibility index (Phi) is 8.02. The van der Waals surface area contributed by atoms with Crippen LogP contribution in [0.4, 0.5) is 0 Å². The molecule has 0 aliphatic heterocycles. The number of aryl methyl sites for hydroxylation is 1. The molecule has 0 spiro atoms. The van der Waals surface area contributed by atoms with Crippen LogP contribution in [0.1, 0.15) is 12.5 Å². The van der Waals surface area contributed by atoms with Gasteiger partial charge in [0.2, 0.25) is 0 Å². The minimum atomic E-state index is 0. The number of hydrogen-bond acceptors (Lipinski definition) is 0. The Hall–Kier alpha value is -0.530. The zero-order valence-electron chi connectivity index (χ0n) is 6.47. The summed E-state index contributed by atoms with van der Waals surface area (Å²) in [6.07, 6.45) is 1.14. The molecule has 0 aliphatic rings. The average molecular weight is 160 g/mol. The number of quaternary nitrogens is 1. The second-order valence-corrected chi connectivity index (χ2v) is 1.84. The van der Waals surface area contributed by atoms with Gasteiger partial charge in [-0.1, -0.05) is 37.3 Å². The summed E-state index contributed by atoms with van der Waals surface area (Å²) < 4.78 is 0. The monoisotopic (exact) mass is 159 g/mol. The number of halogens is 1. The third kappa shape index (κ3) is 3.49. The van der Waals surface area contributed by atoms with Crippen molar-refractivity contribution in [3.05, 3.63) is 35.9 Å². The molecule has 2 heteroatoms. The summed E-state index contributed by atoms with van der Waals surface area (Å²) in [6.45, 7) is 2.16. The minimum Gasteiger partial charge on any atom is -1.00 e. The summed E-state index contributed by atoms with van der Waals surface area (Å²) in [5.41, 5.74) is 1.41. The molecule has 0 aromatic heterocycles. The van der Waals surface area contributed by atoms with Crippen LogP contribution in [0.15, 0.2) is 30.3 Å². The molecular weight excluding hydrogens is 146 g/mol. The molecule has 0 bridgehead atoms. The molecule has 10 heavy (non-hydrogen) atoms. The zero-order valence-corrected chi connectivity index (χ0v) is 7.23. The molecule has 0 fully saturated rings. The molecule has 0 aliphatic carbocycles. The molecule has 1 nitrogen and oxygen atoms in total. The van der Waals surface area contributed by atoms with Gasteiger partial charge < -0.3 is 18.6 Å². The second kappa shape index (κ2) is 6.59. The highest BCUT2D eigenvalue weighted by Gasteiger charge is 1.79. The van der Waals surface area contributed by atoms with Crippen molar-refractivity contribution in [3.63, 3.8) is 0 Å². The summed E-state index contributed by atoms with van der Waals surface area (Å²) in [7, 11) is 0. The fourth-order valence-corrected chi connectivity index (χ4v) is 0.714. The van der Waals surface area contributed by atoms with E-state index in [-0.39, 0.29) is 18.6 Å². The van der Waals surface area contributed by atoms with Crippen molar-refractivity contribution in [2.75, 3.05) is 0 Å². The van der Waals surface area contributed by atoms with E-state index in [0.29, 0.717) is 0 Å². The summed E-state index contributed by atoms with van der Waals surface area (Å²) in [4.78, 5) is 0. The summed E-state index contributed by atoms with van der Waals surface area (Å²) in [6, 6.07) is 10.5. The molecule has 0 unspecified atom stereocenters. The summed E-state index contributed by atoms with van der Waals surface area (Å²) >= 11 is 0. The number of benzene rings is 1. The molecule has 0 saturated carbocycles. The predicted octanol–water partition coefficient (Wildman–Crippen LogP) is -0.371. The van der Waals surface area contributed by atoms with Gasteiger partial charge in [0.05, 0.1) is 0 Å². The Morgan fingerprint density at radius 2 is 1.60 bits per heavy atom. The molecule has 1 aromatic rings. The Morgan fingerprint density at radius 3 is 1.90 bits per heavy atom. The maximum Gasteiger partial charge on any atom is -0.0307 e. The van der Waals surface area contributed by atoms with Gasteiger partial charge in [0, 0.05) is 0 Å². The van der Waals surface area contributed by atoms with Crippen LogP contribution in [-0.4, -0.2) is 0 Å². The van der Waals surface area contributed by atoms with E-state index in [2.05, 4.69) is 31.2 Å². The van der Waals surface area contributed by atoms with Crippen molar-refractivity contribution >= 4 is 0 Å². The van der Waals surface area contributed by atoms with Crippen LogP contribution in [0.2, 0.25) is 0 Å². The molecular formula is C8H14ClN. The maximum absolute atomic E-state index is 2.16. The first-order chi connectivity index (χ1) is 3.93. The highest BCUT2D eigenvalue weighted by molar-refractivity contribution is 5.13. The van der Waals surface area contributed by atoms with Gasteiger partial charge in [-0.05, 0) is 12.0 Å². The first-order valence-corrected chi connectivity index (χ1v) is 2.97. The summed E-state index contributed by atoms with van der Waals surface area (Å²) in [5, 5.41) is 0. The van der Waals surface area contributed by atoms with E-state index >= 15 is 0 Å². The largest absolute Gasteiger partial charge is 1.00 e. The van der Waals surface area contributed by atoms with Crippen LogP contribution in [0.25, 0.3) is 0 Å². The van der Waals surface area contributed by atoms with Crippen LogP contribution in [-0.2, 0) is 6.42 Å². The smallest absolute Gasteiger partial charge is 0.0307 e. The van der Waals surface area contributed by atoms with Crippen LogP contribution in [0.5, 0.6) is 0 Å². The number of hydrogen-bond donors (Lipinski definition) is 1. The van der Waals surface area contributed by atoms with Crippen molar-refractivity contribution in [2.45, 2.75) is 13.3 Å². The van der Waals surface area contributed by atoms with E-state index in [1.807, 2.05) is 6.07 Å². The van der Waals surface area contributed by atoms with Crippen LogP contribution < -0.4 is 18.6 Å². The standard InChI is InChI=1S/C8H10.ClH.H3N/c1-2-8-6-4-3-5-7-8;;/h3-7H,2H2,1H3;1H;1H3. The fourth-order valence-electron chi connectivity index (χ4n) is 0.714. The lowest BCUT2D eigenvalue weighted by atomic mass is 10.2. The average Bonchev–Trinajstić information content (AvgIpc) is 1.90. The van der Waals surface area contributed by atoms with Crippen LogP contribution >= 0.6 is 0 Å². The van der Waals surface area contributed by atoms with Crippen LogP contribution in [0, 0.1) is 0 Å². The first kappa shape index (κ1) is 12.2. The normalized spacial score (nSPS) is 7.30. The van der Waals surface area contributed by atoms with E-state index in [0.717, 1.165) is 6.42 Å². The van der Waals surface area contributed by atoms with Crippen molar-refractivity contribution in [1.29, 1.82) is 0 Å². The van der Waals surface area contributed by atoms with E-state index in [4.69, 9.17) is 0 Å². The SMILES string of the molecule is CCc1ccccc1.[Cl-].[NH4+]. The molecule has 0 heterocycles. The number of rotatable bonds is 1. The van der Waals surface area contributed by atoms with Gasteiger partial charge in [-0.25, -0.2) is 0 Å². The Bertz CT molecular complexity index is 151. The van der Waals surface area contributed by atoms with Crippen molar-refractivity contribution < 1.29 is 12.4 Å². The van der Waals surface area contributed by atoms with Gasteiger partial charge in [0.1, 0.15) is 0 Å². The third-order valence-corrected chi connectivity index (χ3v) is 1.25. The molecule has 0 amide bonds. The molecule has 1 rings (SSSR count). The molecule has 4 N–H and O–H groups in total. The lowest BCUT2D eigenvalue weighted by Crippen LogP contribution is -3.00. The van der Waals surface area contributed by atoms with Crippen molar-refractivity contribution in [2.24, 2.45) is 0 Å². The van der Waals surface area contributed by atoms with Gasteiger partial charge in [-0.2, -0.15) is 0 Å². The molecule has 58 valence electrons. The molecule has 0 radical (unpaired) electrons. The highest BCUT2D eigenvalue weighted by atomic mass is 35.5. The second-order valence-electron chi connectivity index (χ2n) is 1.84. The summed E-state index contributed by atoms with van der Waals surface area (Å²) in [5.74, 6) is 0. The van der Waals surface area contributed by atoms with Gasteiger partial charge in [-0.3, -0.25) is 0 Å². The van der Waals surface area contributed by atoms with E-state index in [1.165, 1.54) is 5.56 Å². The van der Waals surface area contributed by atoms with E-state index < -0.39 is 0 Å². The third-order valence-electron chi connectivity index (χ3n) is 1.25.